The molecule has 6 heteroatoms. The van der Waals surface area contributed by atoms with Crippen molar-refractivity contribution in [1.82, 2.24) is 9.80 Å². The molecular formula is C29H32N2O4. The van der Waals surface area contributed by atoms with Crippen molar-refractivity contribution in [2.75, 3.05) is 13.2 Å². The minimum Gasteiger partial charge on any atom is -0.352 e. The minimum absolute atomic E-state index is 0.0383. The molecule has 0 aromatic heterocycles. The fraction of sp³-hybridized carbons (Fsp3) is 0.448. The molecule has 6 nitrogen and oxygen atoms in total. The molecule has 1 aliphatic carbocycles. The minimum atomic E-state index is -0.224. The average Bonchev–Trinajstić information content (AvgIpc) is 3.34. The quantitative estimate of drug-likeness (QED) is 0.599. The SMILES string of the molecule is C=C1C[C@H]2CO[C@H](c3ccccc3)N2C1=O.CC1(C)C[C@]12C[C@H]1CO[C@H](c3ccccc3)N1C2=O. The lowest BCUT2D eigenvalue weighted by Crippen LogP contribution is -2.33. The third kappa shape index (κ3) is 3.46. The lowest BCUT2D eigenvalue weighted by molar-refractivity contribution is -0.139. The van der Waals surface area contributed by atoms with Crippen LogP contribution in [0.3, 0.4) is 0 Å². The number of fused-ring (bicyclic) bond motifs is 2. The van der Waals surface area contributed by atoms with Gasteiger partial charge in [-0.05, 0) is 18.3 Å². The van der Waals surface area contributed by atoms with Crippen molar-refractivity contribution in [1.29, 1.82) is 0 Å². The zero-order chi connectivity index (χ0) is 24.4. The normalized spacial score (nSPS) is 34.2. The molecule has 5 atom stereocenters. The summed E-state index contributed by atoms with van der Waals surface area (Å²) < 4.78 is 11.6. The molecule has 4 saturated heterocycles. The number of carbonyl (C=O) groups is 2. The summed E-state index contributed by atoms with van der Waals surface area (Å²) in [5.41, 5.74) is 2.92. The molecule has 5 fully saturated rings. The number of amides is 2. The molecule has 0 bridgehead atoms. The summed E-state index contributed by atoms with van der Waals surface area (Å²) in [6.07, 6.45) is 2.35. The van der Waals surface area contributed by atoms with E-state index in [9.17, 15) is 9.59 Å². The van der Waals surface area contributed by atoms with Gasteiger partial charge in [-0.1, -0.05) is 81.1 Å². The summed E-state index contributed by atoms with van der Waals surface area (Å²) in [7, 11) is 0. The van der Waals surface area contributed by atoms with Gasteiger partial charge in [-0.15, -0.1) is 0 Å². The summed E-state index contributed by atoms with van der Waals surface area (Å²) >= 11 is 0. The van der Waals surface area contributed by atoms with Crippen molar-refractivity contribution in [3.8, 4) is 0 Å². The van der Waals surface area contributed by atoms with Crippen LogP contribution in [0.5, 0.6) is 0 Å². The topological polar surface area (TPSA) is 59.1 Å². The standard InChI is InChI=1S/C16H19NO2.C13H13NO2/c1-15(2)10-16(15)8-12-9-19-13(17(12)14(16)18)11-6-4-3-5-7-11;1-9-7-11-8-16-13(14(11)12(9)15)10-5-3-2-4-6-10/h3-7,12-13H,8-10H2,1-2H3;2-6,11,13H,1,7-8H2/t12-,13+,16-;11-,13+/m00/s1. The Morgan fingerprint density at radius 3 is 1.89 bits per heavy atom. The van der Waals surface area contributed by atoms with Crippen LogP contribution < -0.4 is 0 Å². The molecule has 2 aromatic carbocycles. The van der Waals surface area contributed by atoms with Gasteiger partial charge in [-0.25, -0.2) is 0 Å². The average molecular weight is 473 g/mol. The van der Waals surface area contributed by atoms with Crippen LogP contribution in [0, 0.1) is 10.8 Å². The highest BCUT2D eigenvalue weighted by atomic mass is 16.5. The molecular weight excluding hydrogens is 440 g/mol. The fourth-order valence-corrected chi connectivity index (χ4v) is 6.43. The fourth-order valence-electron chi connectivity index (χ4n) is 6.43. The first-order chi connectivity index (χ1) is 16.8. The van der Waals surface area contributed by atoms with Gasteiger partial charge in [0.2, 0.25) is 5.91 Å². The first-order valence-electron chi connectivity index (χ1n) is 12.5. The molecule has 1 spiro atoms. The molecule has 1 saturated carbocycles. The molecule has 4 aliphatic heterocycles. The van der Waals surface area contributed by atoms with Gasteiger partial charge in [0.15, 0.2) is 12.5 Å². The number of hydrogen-bond acceptors (Lipinski definition) is 4. The van der Waals surface area contributed by atoms with Crippen LogP contribution in [-0.4, -0.2) is 46.9 Å². The van der Waals surface area contributed by atoms with Gasteiger partial charge >= 0.3 is 0 Å². The van der Waals surface area contributed by atoms with E-state index in [2.05, 4.69) is 20.4 Å². The van der Waals surface area contributed by atoms with E-state index in [-0.39, 0.29) is 41.3 Å². The molecule has 35 heavy (non-hydrogen) atoms. The second kappa shape index (κ2) is 8.04. The maximum Gasteiger partial charge on any atom is 0.251 e. The smallest absolute Gasteiger partial charge is 0.251 e. The van der Waals surface area contributed by atoms with Gasteiger partial charge in [0.05, 0.1) is 30.7 Å². The largest absolute Gasteiger partial charge is 0.352 e. The number of nitrogens with zero attached hydrogens (tertiary/aromatic N) is 2. The summed E-state index contributed by atoms with van der Waals surface area (Å²) in [5.74, 6) is 0.352. The highest BCUT2D eigenvalue weighted by Crippen LogP contribution is 2.70. The summed E-state index contributed by atoms with van der Waals surface area (Å²) in [5, 5.41) is 0. The van der Waals surface area contributed by atoms with Crippen molar-refractivity contribution >= 4 is 11.8 Å². The second-order valence-corrected chi connectivity index (χ2v) is 11.1. The highest BCUT2D eigenvalue weighted by Gasteiger charge is 2.73. The highest BCUT2D eigenvalue weighted by molar-refractivity contribution is 5.96. The van der Waals surface area contributed by atoms with Gasteiger partial charge in [0.1, 0.15) is 0 Å². The van der Waals surface area contributed by atoms with Crippen LogP contribution in [-0.2, 0) is 19.1 Å². The molecule has 182 valence electrons. The first kappa shape index (κ1) is 22.5. The van der Waals surface area contributed by atoms with E-state index < -0.39 is 0 Å². The Morgan fingerprint density at radius 1 is 0.829 bits per heavy atom. The van der Waals surface area contributed by atoms with Crippen molar-refractivity contribution in [2.45, 2.75) is 57.6 Å². The zero-order valence-electron chi connectivity index (χ0n) is 20.4. The number of carbonyl (C=O) groups excluding carboxylic acids is 2. The van der Waals surface area contributed by atoms with Crippen molar-refractivity contribution in [3.63, 3.8) is 0 Å². The molecule has 0 radical (unpaired) electrons. The van der Waals surface area contributed by atoms with Crippen LogP contribution in [0.15, 0.2) is 72.8 Å². The van der Waals surface area contributed by atoms with Gasteiger partial charge < -0.3 is 19.3 Å². The van der Waals surface area contributed by atoms with E-state index >= 15 is 0 Å². The van der Waals surface area contributed by atoms with Crippen LogP contribution >= 0.6 is 0 Å². The summed E-state index contributed by atoms with van der Waals surface area (Å²) in [6, 6.07) is 20.4. The lowest BCUT2D eigenvalue weighted by Gasteiger charge is -2.23. The van der Waals surface area contributed by atoms with Gasteiger partial charge in [-0.3, -0.25) is 9.59 Å². The summed E-state index contributed by atoms with van der Waals surface area (Å²) in [4.78, 5) is 28.6. The van der Waals surface area contributed by atoms with Crippen molar-refractivity contribution < 1.29 is 19.1 Å². The monoisotopic (exact) mass is 472 g/mol. The number of rotatable bonds is 2. The third-order valence-electron chi connectivity index (χ3n) is 8.52. The molecule has 2 aromatic rings. The Balaban J connectivity index is 0.000000133. The maximum atomic E-state index is 12.8. The Hall–Kier alpha value is -2.96. The van der Waals surface area contributed by atoms with Crippen molar-refractivity contribution in [2.24, 2.45) is 10.8 Å². The van der Waals surface area contributed by atoms with E-state index in [0.717, 1.165) is 30.4 Å². The Kier molecular flexibility index (Phi) is 5.17. The molecule has 0 N–H and O–H groups in total. The van der Waals surface area contributed by atoms with E-state index in [4.69, 9.17) is 9.47 Å². The zero-order valence-corrected chi connectivity index (χ0v) is 20.4. The Bertz CT molecular complexity index is 1160. The van der Waals surface area contributed by atoms with Crippen LogP contribution in [0.1, 0.15) is 56.7 Å². The first-order valence-corrected chi connectivity index (χ1v) is 12.5. The van der Waals surface area contributed by atoms with E-state index in [1.54, 1.807) is 0 Å². The van der Waals surface area contributed by atoms with Crippen LogP contribution in [0.4, 0.5) is 0 Å². The molecule has 0 unspecified atom stereocenters. The molecule has 5 aliphatic rings. The van der Waals surface area contributed by atoms with Crippen molar-refractivity contribution in [3.05, 3.63) is 83.9 Å². The number of benzene rings is 2. The van der Waals surface area contributed by atoms with E-state index in [1.165, 1.54) is 0 Å². The molecule has 7 rings (SSSR count). The third-order valence-corrected chi connectivity index (χ3v) is 8.52. The van der Waals surface area contributed by atoms with Crippen LogP contribution in [0.2, 0.25) is 0 Å². The maximum absolute atomic E-state index is 12.8. The van der Waals surface area contributed by atoms with Crippen LogP contribution in [0.25, 0.3) is 0 Å². The Morgan fingerprint density at radius 2 is 1.34 bits per heavy atom. The van der Waals surface area contributed by atoms with E-state index in [1.807, 2.05) is 70.5 Å². The van der Waals surface area contributed by atoms with E-state index in [0.29, 0.717) is 24.7 Å². The van der Waals surface area contributed by atoms with Gasteiger partial charge in [-0.2, -0.15) is 0 Å². The summed E-state index contributed by atoms with van der Waals surface area (Å²) in [6.45, 7) is 9.53. The lowest BCUT2D eigenvalue weighted by atomic mass is 9.92. The predicted octanol–water partition coefficient (Wildman–Crippen LogP) is 4.61. The number of hydrogen-bond donors (Lipinski definition) is 0. The van der Waals surface area contributed by atoms with Gasteiger partial charge in [0.25, 0.3) is 5.91 Å². The molecule has 2 amide bonds. The number of ether oxygens (including phenoxy) is 2. The Labute approximate surface area is 206 Å². The molecule has 4 heterocycles. The predicted molar refractivity (Wildman–Crippen MR) is 131 cm³/mol. The van der Waals surface area contributed by atoms with Gasteiger partial charge in [0, 0.05) is 23.1 Å². The second-order valence-electron chi connectivity index (χ2n) is 11.1.